The van der Waals surface area contributed by atoms with Gasteiger partial charge in [-0.2, -0.15) is 0 Å². The maximum Gasteiger partial charge on any atom is 0.335 e. The van der Waals surface area contributed by atoms with E-state index in [2.05, 4.69) is 27.3 Å². The molecular formula is C26H20BrN3O6. The van der Waals surface area contributed by atoms with Crippen molar-refractivity contribution in [2.24, 2.45) is 0 Å². The standard InChI is InChI=1S/C26H20BrN3O6/c1-15-8-16(2)10-18(9-15)14-36-23-7-6-17(12-22(23)27)11-21-24(31)28-26(33)29(25(21)32)19-4-3-5-20(13-19)30(34)35/h3-13H,14H2,1-2H3,(H,28,31,33)/b21-11+. The minimum Gasteiger partial charge on any atom is -0.488 e. The number of carbonyl (C=O) groups is 3. The molecule has 0 saturated carbocycles. The first-order valence-corrected chi connectivity index (χ1v) is 11.6. The fraction of sp³-hybridized carbons (Fsp3) is 0.115. The average molecular weight is 550 g/mol. The number of hydrogen-bond acceptors (Lipinski definition) is 6. The van der Waals surface area contributed by atoms with Gasteiger partial charge in [0.15, 0.2) is 0 Å². The Hall–Kier alpha value is -4.31. The first-order valence-electron chi connectivity index (χ1n) is 10.8. The second-order valence-electron chi connectivity index (χ2n) is 8.21. The third-order valence-electron chi connectivity index (χ3n) is 5.34. The highest BCUT2D eigenvalue weighted by molar-refractivity contribution is 9.10. The molecule has 1 aliphatic heterocycles. The first-order chi connectivity index (χ1) is 17.1. The fourth-order valence-corrected chi connectivity index (χ4v) is 4.35. The van der Waals surface area contributed by atoms with Crippen molar-refractivity contribution in [3.8, 4) is 5.75 Å². The van der Waals surface area contributed by atoms with E-state index in [4.69, 9.17) is 4.74 Å². The van der Waals surface area contributed by atoms with Crippen molar-refractivity contribution >= 4 is 51.2 Å². The van der Waals surface area contributed by atoms with Gasteiger partial charge in [-0.05, 0) is 65.2 Å². The Morgan fingerprint density at radius 2 is 1.75 bits per heavy atom. The predicted molar refractivity (Wildman–Crippen MR) is 136 cm³/mol. The summed E-state index contributed by atoms with van der Waals surface area (Å²) in [5.41, 5.74) is 3.20. The van der Waals surface area contributed by atoms with Crippen LogP contribution >= 0.6 is 15.9 Å². The Morgan fingerprint density at radius 1 is 1.03 bits per heavy atom. The number of benzene rings is 3. The van der Waals surface area contributed by atoms with Crippen LogP contribution in [-0.4, -0.2) is 22.8 Å². The van der Waals surface area contributed by atoms with Gasteiger partial charge in [-0.15, -0.1) is 0 Å². The minimum atomic E-state index is -0.987. The van der Waals surface area contributed by atoms with Crippen LogP contribution in [0.1, 0.15) is 22.3 Å². The second-order valence-corrected chi connectivity index (χ2v) is 9.06. The summed E-state index contributed by atoms with van der Waals surface area (Å²) >= 11 is 3.46. The van der Waals surface area contributed by atoms with Gasteiger partial charge < -0.3 is 4.74 Å². The molecule has 1 saturated heterocycles. The van der Waals surface area contributed by atoms with E-state index in [1.54, 1.807) is 18.2 Å². The molecule has 182 valence electrons. The van der Waals surface area contributed by atoms with Crippen molar-refractivity contribution in [2.75, 3.05) is 4.90 Å². The minimum absolute atomic E-state index is 0.0265. The number of nitro groups is 1. The molecule has 0 radical (unpaired) electrons. The molecular weight excluding hydrogens is 530 g/mol. The lowest BCUT2D eigenvalue weighted by molar-refractivity contribution is -0.384. The number of carbonyl (C=O) groups excluding carboxylic acids is 3. The zero-order valence-electron chi connectivity index (χ0n) is 19.3. The van der Waals surface area contributed by atoms with Gasteiger partial charge in [-0.3, -0.25) is 25.0 Å². The van der Waals surface area contributed by atoms with Crippen LogP contribution in [0, 0.1) is 24.0 Å². The molecule has 4 amide bonds. The highest BCUT2D eigenvalue weighted by Gasteiger charge is 2.37. The molecule has 3 aromatic carbocycles. The molecule has 10 heteroatoms. The maximum atomic E-state index is 13.1. The van der Waals surface area contributed by atoms with E-state index in [-0.39, 0.29) is 16.9 Å². The van der Waals surface area contributed by atoms with Crippen LogP contribution in [-0.2, 0) is 16.2 Å². The Kier molecular flexibility index (Phi) is 6.98. The van der Waals surface area contributed by atoms with Crippen molar-refractivity contribution in [3.05, 3.63) is 103 Å². The molecule has 4 rings (SSSR count). The van der Waals surface area contributed by atoms with Crippen LogP contribution in [0.3, 0.4) is 0 Å². The molecule has 1 heterocycles. The van der Waals surface area contributed by atoms with Crippen molar-refractivity contribution < 1.29 is 24.0 Å². The average Bonchev–Trinajstić information content (AvgIpc) is 2.80. The van der Waals surface area contributed by atoms with Crippen molar-refractivity contribution in [1.82, 2.24) is 5.32 Å². The third-order valence-corrected chi connectivity index (χ3v) is 5.96. The van der Waals surface area contributed by atoms with E-state index in [1.807, 2.05) is 26.0 Å². The van der Waals surface area contributed by atoms with Gasteiger partial charge in [0.1, 0.15) is 17.9 Å². The second kappa shape index (κ2) is 10.1. The normalized spacial score (nSPS) is 14.7. The summed E-state index contributed by atoms with van der Waals surface area (Å²) in [6.07, 6.45) is 1.34. The number of anilines is 1. The quantitative estimate of drug-likeness (QED) is 0.195. The van der Waals surface area contributed by atoms with E-state index in [9.17, 15) is 24.5 Å². The molecule has 0 unspecified atom stereocenters. The van der Waals surface area contributed by atoms with E-state index in [1.165, 1.54) is 24.3 Å². The number of non-ortho nitro benzene ring substituents is 1. The van der Waals surface area contributed by atoms with Crippen LogP contribution in [0.5, 0.6) is 5.75 Å². The Morgan fingerprint density at radius 3 is 2.42 bits per heavy atom. The molecule has 36 heavy (non-hydrogen) atoms. The maximum absolute atomic E-state index is 13.1. The molecule has 1 aliphatic rings. The molecule has 0 spiro atoms. The van der Waals surface area contributed by atoms with E-state index >= 15 is 0 Å². The summed E-state index contributed by atoms with van der Waals surface area (Å²) in [6.45, 7) is 4.40. The summed E-state index contributed by atoms with van der Waals surface area (Å²) < 4.78 is 6.53. The number of amides is 4. The van der Waals surface area contributed by atoms with Gasteiger partial charge in [0.25, 0.3) is 17.5 Å². The molecule has 1 N–H and O–H groups in total. The van der Waals surface area contributed by atoms with E-state index in [0.717, 1.165) is 22.8 Å². The molecule has 9 nitrogen and oxygen atoms in total. The SMILES string of the molecule is Cc1cc(C)cc(COc2ccc(/C=C3\C(=O)NC(=O)N(c4cccc([N+](=O)[O-])c4)C3=O)cc2Br)c1. The van der Waals surface area contributed by atoms with Gasteiger partial charge in [-0.1, -0.05) is 41.5 Å². The molecule has 0 atom stereocenters. The number of nitro benzene ring substituents is 1. The third kappa shape index (κ3) is 5.33. The van der Waals surface area contributed by atoms with Crippen LogP contribution in [0.25, 0.3) is 6.08 Å². The summed E-state index contributed by atoms with van der Waals surface area (Å²) in [6, 6.07) is 15.3. The van der Waals surface area contributed by atoms with Gasteiger partial charge >= 0.3 is 6.03 Å². The summed E-state index contributed by atoms with van der Waals surface area (Å²) in [4.78, 5) is 49.0. The number of imide groups is 2. The number of urea groups is 1. The topological polar surface area (TPSA) is 119 Å². The highest BCUT2D eigenvalue weighted by Crippen LogP contribution is 2.29. The Labute approximate surface area is 214 Å². The summed E-state index contributed by atoms with van der Waals surface area (Å²) in [7, 11) is 0. The lowest BCUT2D eigenvalue weighted by Gasteiger charge is -2.26. The molecule has 0 bridgehead atoms. The predicted octanol–water partition coefficient (Wildman–Crippen LogP) is 5.22. The zero-order chi connectivity index (χ0) is 26.0. The number of nitrogens with one attached hydrogen (secondary N) is 1. The van der Waals surface area contributed by atoms with Gasteiger partial charge in [-0.25, -0.2) is 9.69 Å². The summed E-state index contributed by atoms with van der Waals surface area (Å²) in [5.74, 6) is -1.18. The lowest BCUT2D eigenvalue weighted by Crippen LogP contribution is -2.54. The van der Waals surface area contributed by atoms with Gasteiger partial charge in [0, 0.05) is 12.1 Å². The van der Waals surface area contributed by atoms with E-state index < -0.39 is 22.8 Å². The smallest absolute Gasteiger partial charge is 0.335 e. The number of ether oxygens (including phenoxy) is 1. The largest absolute Gasteiger partial charge is 0.488 e. The number of aryl methyl sites for hydroxylation is 2. The number of barbiturate groups is 1. The number of halogens is 1. The van der Waals surface area contributed by atoms with Crippen LogP contribution in [0.2, 0.25) is 0 Å². The van der Waals surface area contributed by atoms with Crippen molar-refractivity contribution in [2.45, 2.75) is 20.5 Å². The summed E-state index contributed by atoms with van der Waals surface area (Å²) in [5, 5.41) is 13.2. The monoisotopic (exact) mass is 549 g/mol. The van der Waals surface area contributed by atoms with E-state index in [0.29, 0.717) is 27.3 Å². The molecule has 3 aromatic rings. The lowest BCUT2D eigenvalue weighted by atomic mass is 10.1. The van der Waals surface area contributed by atoms with Crippen molar-refractivity contribution in [3.63, 3.8) is 0 Å². The molecule has 0 aromatic heterocycles. The van der Waals surface area contributed by atoms with Crippen molar-refractivity contribution in [1.29, 1.82) is 0 Å². The first kappa shape index (κ1) is 24.8. The zero-order valence-corrected chi connectivity index (χ0v) is 20.9. The Balaban J connectivity index is 1.57. The van der Waals surface area contributed by atoms with Gasteiger partial charge in [0.2, 0.25) is 0 Å². The van der Waals surface area contributed by atoms with Gasteiger partial charge in [0.05, 0.1) is 15.1 Å². The fourth-order valence-electron chi connectivity index (χ4n) is 3.84. The molecule has 0 aliphatic carbocycles. The number of hydrogen-bond donors (Lipinski definition) is 1. The number of nitrogens with zero attached hydrogens (tertiary/aromatic N) is 2. The van der Waals surface area contributed by atoms with Crippen LogP contribution < -0.4 is 15.0 Å². The number of rotatable bonds is 6. The highest BCUT2D eigenvalue weighted by atomic mass is 79.9. The van der Waals surface area contributed by atoms with Crippen LogP contribution in [0.15, 0.2) is 70.7 Å². The Bertz CT molecular complexity index is 1430. The molecule has 1 fully saturated rings. The van der Waals surface area contributed by atoms with Crippen LogP contribution in [0.4, 0.5) is 16.2 Å².